The summed E-state index contributed by atoms with van der Waals surface area (Å²) < 4.78 is 26.6. The van der Waals surface area contributed by atoms with Gasteiger partial charge < -0.3 is 0 Å². The number of sulfonamides is 1. The highest BCUT2D eigenvalue weighted by Crippen LogP contribution is 2.33. The zero-order valence-electron chi connectivity index (χ0n) is 10.6. The van der Waals surface area contributed by atoms with Gasteiger partial charge in [0.1, 0.15) is 4.90 Å². The van der Waals surface area contributed by atoms with E-state index in [1.54, 1.807) is 36.4 Å². The van der Waals surface area contributed by atoms with Crippen molar-refractivity contribution in [1.82, 2.24) is 4.31 Å². The number of fused-ring (bicyclic) bond motifs is 1. The van der Waals surface area contributed by atoms with Crippen molar-refractivity contribution in [3.63, 3.8) is 0 Å². The summed E-state index contributed by atoms with van der Waals surface area (Å²) in [6, 6.07) is 11.6. The van der Waals surface area contributed by atoms with Crippen molar-refractivity contribution in [1.29, 1.82) is 0 Å². The molecule has 1 amide bonds. The molecule has 0 atom stereocenters. The van der Waals surface area contributed by atoms with Gasteiger partial charge in [-0.3, -0.25) is 4.79 Å². The second-order valence-electron chi connectivity index (χ2n) is 4.55. The molecule has 0 aliphatic carbocycles. The lowest BCUT2D eigenvalue weighted by Crippen LogP contribution is -2.29. The summed E-state index contributed by atoms with van der Waals surface area (Å²) in [5, 5.41) is 0.436. The molecule has 0 saturated carbocycles. The van der Waals surface area contributed by atoms with E-state index in [1.165, 1.54) is 6.07 Å². The minimum Gasteiger partial charge on any atom is -0.268 e. The highest BCUT2D eigenvalue weighted by molar-refractivity contribution is 14.1. The van der Waals surface area contributed by atoms with Crippen molar-refractivity contribution in [2.75, 3.05) is 0 Å². The second-order valence-corrected chi connectivity index (χ2v) is 8.03. The number of hydrogen-bond acceptors (Lipinski definition) is 3. The number of hydrogen-bond donors (Lipinski definition) is 0. The zero-order valence-corrected chi connectivity index (χ0v) is 14.3. The lowest BCUT2D eigenvalue weighted by atomic mass is 10.2. The van der Waals surface area contributed by atoms with Gasteiger partial charge in [0.2, 0.25) is 0 Å². The third kappa shape index (κ3) is 2.45. The molecule has 7 heteroatoms. The topological polar surface area (TPSA) is 54.5 Å². The van der Waals surface area contributed by atoms with E-state index >= 15 is 0 Å². The summed E-state index contributed by atoms with van der Waals surface area (Å²) >= 11 is 8.09. The van der Waals surface area contributed by atoms with Gasteiger partial charge in [-0.25, -0.2) is 12.7 Å². The predicted octanol–water partition coefficient (Wildman–Crippen LogP) is 3.29. The van der Waals surface area contributed by atoms with E-state index in [0.29, 0.717) is 10.6 Å². The largest absolute Gasteiger partial charge is 0.269 e. The van der Waals surface area contributed by atoms with E-state index in [4.69, 9.17) is 11.6 Å². The molecule has 2 aromatic rings. The molecule has 4 nitrogen and oxygen atoms in total. The first-order valence-corrected chi connectivity index (χ1v) is 8.91. The Kier molecular flexibility index (Phi) is 3.71. The van der Waals surface area contributed by atoms with Crippen LogP contribution in [0.2, 0.25) is 5.02 Å². The normalized spacial score (nSPS) is 16.1. The number of rotatable bonds is 2. The Labute approximate surface area is 140 Å². The van der Waals surface area contributed by atoms with Crippen LogP contribution in [0.25, 0.3) is 0 Å². The molecule has 0 bridgehead atoms. The number of carbonyl (C=O) groups excluding carboxylic acids is 1. The summed E-state index contributed by atoms with van der Waals surface area (Å²) in [6.45, 7) is -0.0634. The zero-order chi connectivity index (χ0) is 15.2. The fourth-order valence-electron chi connectivity index (χ4n) is 2.19. The van der Waals surface area contributed by atoms with Crippen LogP contribution >= 0.6 is 34.2 Å². The van der Waals surface area contributed by atoms with Crippen LogP contribution in [0.5, 0.6) is 0 Å². The van der Waals surface area contributed by atoms with Crippen molar-refractivity contribution in [3.05, 3.63) is 62.2 Å². The fraction of sp³-hybridized carbons (Fsp3) is 0.0714. The van der Waals surface area contributed by atoms with E-state index < -0.39 is 15.9 Å². The van der Waals surface area contributed by atoms with Crippen LogP contribution in [0.4, 0.5) is 0 Å². The number of benzene rings is 2. The minimum absolute atomic E-state index is 0.0555. The minimum atomic E-state index is -3.81. The maximum Gasteiger partial charge on any atom is 0.269 e. The second kappa shape index (κ2) is 5.26. The molecular weight excluding hydrogens is 425 g/mol. The Balaban J connectivity index is 2.07. The summed E-state index contributed by atoms with van der Waals surface area (Å²) in [5.74, 6) is -0.511. The molecule has 0 N–H and O–H groups in total. The molecule has 1 heterocycles. The van der Waals surface area contributed by atoms with Crippen LogP contribution in [0.3, 0.4) is 0 Å². The number of halogens is 2. The third-order valence-electron chi connectivity index (χ3n) is 3.24. The van der Waals surface area contributed by atoms with Crippen LogP contribution < -0.4 is 0 Å². The highest BCUT2D eigenvalue weighted by Gasteiger charge is 2.41. The molecule has 1 aliphatic heterocycles. The maximum absolute atomic E-state index is 12.5. The maximum atomic E-state index is 12.5. The van der Waals surface area contributed by atoms with Crippen LogP contribution in [0.15, 0.2) is 47.4 Å². The summed E-state index contributed by atoms with van der Waals surface area (Å²) in [4.78, 5) is 12.4. The molecule has 0 radical (unpaired) electrons. The van der Waals surface area contributed by atoms with Crippen molar-refractivity contribution in [2.24, 2.45) is 0 Å². The van der Waals surface area contributed by atoms with E-state index in [1.807, 2.05) is 22.6 Å². The smallest absolute Gasteiger partial charge is 0.268 e. The fourth-order valence-corrected chi connectivity index (χ4v) is 4.41. The third-order valence-corrected chi connectivity index (χ3v) is 6.07. The molecule has 108 valence electrons. The quantitative estimate of drug-likeness (QED) is 0.683. The molecule has 2 aromatic carbocycles. The van der Waals surface area contributed by atoms with E-state index in [0.717, 1.165) is 7.88 Å². The Morgan fingerprint density at radius 3 is 2.57 bits per heavy atom. The van der Waals surface area contributed by atoms with Gasteiger partial charge in [0.05, 0.1) is 12.1 Å². The lowest BCUT2D eigenvalue weighted by molar-refractivity contribution is 0.0865. The van der Waals surface area contributed by atoms with Crippen molar-refractivity contribution in [3.8, 4) is 0 Å². The van der Waals surface area contributed by atoms with Gasteiger partial charge in [-0.1, -0.05) is 29.8 Å². The van der Waals surface area contributed by atoms with Gasteiger partial charge in [0, 0.05) is 8.59 Å². The first kappa shape index (κ1) is 14.8. The van der Waals surface area contributed by atoms with E-state index in [-0.39, 0.29) is 17.0 Å². The molecular formula is C14H9ClINO3S. The first-order valence-electron chi connectivity index (χ1n) is 6.01. The van der Waals surface area contributed by atoms with Gasteiger partial charge >= 0.3 is 0 Å². The molecule has 0 aromatic heterocycles. The SMILES string of the molecule is O=C1c2cc(I)ccc2S(=O)(=O)N1Cc1ccccc1Cl. The Morgan fingerprint density at radius 1 is 1.14 bits per heavy atom. The van der Waals surface area contributed by atoms with Crippen LogP contribution in [0.1, 0.15) is 15.9 Å². The Bertz CT molecular complexity index is 851. The first-order chi connectivity index (χ1) is 9.91. The van der Waals surface area contributed by atoms with Crippen molar-refractivity contribution >= 4 is 50.1 Å². The lowest BCUT2D eigenvalue weighted by Gasteiger charge is -2.15. The number of carbonyl (C=O) groups is 1. The van der Waals surface area contributed by atoms with E-state index in [9.17, 15) is 13.2 Å². The molecule has 0 fully saturated rings. The van der Waals surface area contributed by atoms with Gasteiger partial charge in [0.25, 0.3) is 15.9 Å². The van der Waals surface area contributed by atoms with Crippen LogP contribution in [0, 0.1) is 3.57 Å². The standard InChI is InChI=1S/C14H9ClINO3S/c15-12-4-2-1-3-9(12)8-17-14(18)11-7-10(16)5-6-13(11)21(17,19)20/h1-7H,8H2. The molecule has 3 rings (SSSR count). The van der Waals surface area contributed by atoms with Crippen LogP contribution in [-0.4, -0.2) is 18.6 Å². The molecule has 0 spiro atoms. The monoisotopic (exact) mass is 433 g/mol. The molecule has 21 heavy (non-hydrogen) atoms. The Hall–Kier alpha value is -1.12. The van der Waals surface area contributed by atoms with Gasteiger partial charge in [-0.2, -0.15) is 0 Å². The summed E-state index contributed by atoms with van der Waals surface area (Å²) in [6.07, 6.45) is 0. The predicted molar refractivity (Wildman–Crippen MR) is 87.7 cm³/mol. The van der Waals surface area contributed by atoms with Gasteiger partial charge in [0.15, 0.2) is 0 Å². The number of amides is 1. The highest BCUT2D eigenvalue weighted by atomic mass is 127. The van der Waals surface area contributed by atoms with Gasteiger partial charge in [-0.05, 0) is 52.4 Å². The van der Waals surface area contributed by atoms with Gasteiger partial charge in [-0.15, -0.1) is 0 Å². The van der Waals surface area contributed by atoms with Crippen molar-refractivity contribution in [2.45, 2.75) is 11.4 Å². The average molecular weight is 434 g/mol. The van der Waals surface area contributed by atoms with E-state index in [2.05, 4.69) is 0 Å². The molecule has 1 aliphatic rings. The molecule has 0 unspecified atom stereocenters. The van der Waals surface area contributed by atoms with Crippen LogP contribution in [-0.2, 0) is 16.6 Å². The summed E-state index contributed by atoms with van der Waals surface area (Å²) in [7, 11) is -3.81. The summed E-state index contributed by atoms with van der Waals surface area (Å²) in [5.41, 5.74) is 0.813. The molecule has 0 saturated heterocycles. The Morgan fingerprint density at radius 2 is 1.86 bits per heavy atom. The van der Waals surface area contributed by atoms with Crippen molar-refractivity contribution < 1.29 is 13.2 Å². The average Bonchev–Trinajstić information content (AvgIpc) is 2.62. The number of nitrogens with zero attached hydrogens (tertiary/aromatic N) is 1.